The molecule has 4 heteroatoms. The van der Waals surface area contributed by atoms with E-state index in [0.717, 1.165) is 12.0 Å². The quantitative estimate of drug-likeness (QED) is 0.803. The molecule has 0 aliphatic carbocycles. The van der Waals surface area contributed by atoms with E-state index < -0.39 is 0 Å². The Morgan fingerprint density at radius 2 is 2.00 bits per heavy atom. The van der Waals surface area contributed by atoms with Crippen LogP contribution in [0.4, 0.5) is 0 Å². The molecule has 15 heavy (non-hydrogen) atoms. The summed E-state index contributed by atoms with van der Waals surface area (Å²) in [4.78, 5) is 0. The number of halogens is 1. The van der Waals surface area contributed by atoms with Crippen LogP contribution in [0.3, 0.4) is 0 Å². The smallest absolute Gasteiger partial charge is 0.180 e. The van der Waals surface area contributed by atoms with Gasteiger partial charge in [0.1, 0.15) is 5.75 Å². The Morgan fingerprint density at radius 1 is 1.33 bits per heavy atom. The molecule has 0 aromatic heterocycles. The number of phenols is 1. The maximum atomic E-state index is 9.72. The lowest BCUT2D eigenvalue weighted by atomic mass is 10.1. The number of phenolic OH excluding ortho intramolecular Hbond substituents is 1. The Morgan fingerprint density at radius 3 is 2.67 bits per heavy atom. The molecule has 1 aromatic carbocycles. The Bertz CT molecular complexity index is 377. The van der Waals surface area contributed by atoms with Crippen molar-refractivity contribution in [1.82, 2.24) is 0 Å². The lowest BCUT2D eigenvalue weighted by Crippen LogP contribution is -1.98. The maximum Gasteiger partial charge on any atom is 0.180 e. The largest absolute Gasteiger partial charge is 0.507 e. The van der Waals surface area contributed by atoms with Gasteiger partial charge in [-0.05, 0) is 6.42 Å². The highest BCUT2D eigenvalue weighted by atomic mass is 35.5. The first-order chi connectivity index (χ1) is 7.24. The minimum Gasteiger partial charge on any atom is -0.507 e. The Labute approximate surface area is 93.6 Å². The molecule has 1 aromatic rings. The molecule has 82 valence electrons. The number of aromatic hydroxyl groups is 1. The van der Waals surface area contributed by atoms with Crippen LogP contribution in [-0.2, 0) is 6.42 Å². The second kappa shape index (κ2) is 4.19. The molecular formula is C11H13ClO3. The van der Waals surface area contributed by atoms with Crippen LogP contribution in [0.2, 0.25) is 5.02 Å². The molecule has 0 radical (unpaired) electrons. The predicted octanol–water partition coefficient (Wildman–Crippen LogP) is 2.77. The van der Waals surface area contributed by atoms with Crippen LogP contribution in [0.5, 0.6) is 17.2 Å². The highest BCUT2D eigenvalue weighted by molar-refractivity contribution is 6.32. The van der Waals surface area contributed by atoms with E-state index in [1.165, 1.54) is 6.07 Å². The molecule has 0 amide bonds. The van der Waals surface area contributed by atoms with Crippen molar-refractivity contribution in [2.45, 2.75) is 19.8 Å². The third-order valence-corrected chi connectivity index (χ3v) is 2.69. The number of benzene rings is 1. The third kappa shape index (κ3) is 1.84. The second-order valence-electron chi connectivity index (χ2n) is 3.42. The first-order valence-electron chi connectivity index (χ1n) is 5.04. The fourth-order valence-corrected chi connectivity index (χ4v) is 1.91. The molecular weight excluding hydrogens is 216 g/mol. The summed E-state index contributed by atoms with van der Waals surface area (Å²) in [6, 6.07) is 1.51. The highest BCUT2D eigenvalue weighted by Gasteiger charge is 2.20. The van der Waals surface area contributed by atoms with Crippen molar-refractivity contribution in [2.75, 3.05) is 13.2 Å². The van der Waals surface area contributed by atoms with Gasteiger partial charge in [-0.3, -0.25) is 0 Å². The van der Waals surface area contributed by atoms with Gasteiger partial charge in [-0.2, -0.15) is 0 Å². The van der Waals surface area contributed by atoms with E-state index in [0.29, 0.717) is 36.2 Å². The van der Waals surface area contributed by atoms with Gasteiger partial charge in [-0.25, -0.2) is 0 Å². The second-order valence-corrected chi connectivity index (χ2v) is 3.83. The molecule has 0 bridgehead atoms. The molecule has 0 unspecified atom stereocenters. The summed E-state index contributed by atoms with van der Waals surface area (Å²) >= 11 is 5.98. The van der Waals surface area contributed by atoms with Crippen molar-refractivity contribution in [1.29, 1.82) is 0 Å². The number of rotatable bonds is 1. The summed E-state index contributed by atoms with van der Waals surface area (Å²) in [6.45, 7) is 3.15. The molecule has 1 aliphatic rings. The molecule has 0 spiro atoms. The molecule has 1 N–H and O–H groups in total. The molecule has 0 saturated heterocycles. The van der Waals surface area contributed by atoms with Crippen molar-refractivity contribution >= 4 is 11.6 Å². The summed E-state index contributed by atoms with van der Waals surface area (Å²) in [7, 11) is 0. The Kier molecular flexibility index (Phi) is 2.91. The standard InChI is InChI=1S/C11H13ClO3/c1-2-7-9(13)6-8(12)11-10(7)14-4-3-5-15-11/h6,13H,2-5H2,1H3. The molecule has 3 nitrogen and oxygen atoms in total. The lowest BCUT2D eigenvalue weighted by Gasteiger charge is -2.14. The van der Waals surface area contributed by atoms with Gasteiger partial charge < -0.3 is 14.6 Å². The van der Waals surface area contributed by atoms with Gasteiger partial charge in [-0.1, -0.05) is 18.5 Å². The van der Waals surface area contributed by atoms with E-state index in [1.807, 2.05) is 6.92 Å². The number of ether oxygens (including phenoxy) is 2. The predicted molar refractivity (Wildman–Crippen MR) is 58.1 cm³/mol. The molecule has 1 heterocycles. The molecule has 1 aliphatic heterocycles. The highest BCUT2D eigenvalue weighted by Crippen LogP contribution is 2.44. The first-order valence-corrected chi connectivity index (χ1v) is 5.41. The van der Waals surface area contributed by atoms with Gasteiger partial charge in [0.05, 0.1) is 18.2 Å². The molecule has 2 rings (SSSR count). The van der Waals surface area contributed by atoms with Crippen LogP contribution in [0.25, 0.3) is 0 Å². The monoisotopic (exact) mass is 228 g/mol. The SMILES string of the molecule is CCc1c(O)cc(Cl)c2c1OCCCO2. The van der Waals surface area contributed by atoms with E-state index in [2.05, 4.69) is 0 Å². The maximum absolute atomic E-state index is 9.72. The van der Waals surface area contributed by atoms with E-state index in [9.17, 15) is 5.11 Å². The summed E-state index contributed by atoms with van der Waals surface area (Å²) in [5.41, 5.74) is 0.760. The zero-order valence-electron chi connectivity index (χ0n) is 8.55. The van der Waals surface area contributed by atoms with Gasteiger partial charge >= 0.3 is 0 Å². The fourth-order valence-electron chi connectivity index (χ4n) is 1.67. The summed E-state index contributed by atoms with van der Waals surface area (Å²) in [6.07, 6.45) is 1.52. The van der Waals surface area contributed by atoms with Crippen LogP contribution in [0.15, 0.2) is 6.07 Å². The number of hydrogen-bond donors (Lipinski definition) is 1. The zero-order valence-corrected chi connectivity index (χ0v) is 9.30. The average molecular weight is 229 g/mol. The van der Waals surface area contributed by atoms with Crippen molar-refractivity contribution in [2.24, 2.45) is 0 Å². The summed E-state index contributed by atoms with van der Waals surface area (Å²) in [5.74, 6) is 1.33. The van der Waals surface area contributed by atoms with Gasteiger partial charge in [0.2, 0.25) is 0 Å². The van der Waals surface area contributed by atoms with Crippen molar-refractivity contribution in [3.63, 3.8) is 0 Å². The number of fused-ring (bicyclic) bond motifs is 1. The Hall–Kier alpha value is -1.09. The summed E-state index contributed by atoms with van der Waals surface area (Å²) in [5, 5.41) is 10.1. The van der Waals surface area contributed by atoms with E-state index in [1.54, 1.807) is 0 Å². The van der Waals surface area contributed by atoms with E-state index in [4.69, 9.17) is 21.1 Å². The zero-order chi connectivity index (χ0) is 10.8. The Balaban J connectivity index is 2.57. The van der Waals surface area contributed by atoms with Crippen molar-refractivity contribution in [3.05, 3.63) is 16.7 Å². The summed E-state index contributed by atoms with van der Waals surface area (Å²) < 4.78 is 11.1. The average Bonchev–Trinajstić information content (AvgIpc) is 2.44. The lowest BCUT2D eigenvalue weighted by molar-refractivity contribution is 0.296. The first kappa shape index (κ1) is 10.4. The van der Waals surface area contributed by atoms with Crippen LogP contribution >= 0.6 is 11.6 Å². The van der Waals surface area contributed by atoms with Gasteiger partial charge in [0, 0.05) is 18.1 Å². The van der Waals surface area contributed by atoms with Crippen LogP contribution < -0.4 is 9.47 Å². The fraction of sp³-hybridized carbons (Fsp3) is 0.455. The molecule has 0 fully saturated rings. The third-order valence-electron chi connectivity index (χ3n) is 2.40. The number of hydrogen-bond acceptors (Lipinski definition) is 3. The van der Waals surface area contributed by atoms with Crippen LogP contribution in [0, 0.1) is 0 Å². The van der Waals surface area contributed by atoms with Gasteiger partial charge in [0.25, 0.3) is 0 Å². The molecule has 0 atom stereocenters. The van der Waals surface area contributed by atoms with Crippen LogP contribution in [-0.4, -0.2) is 18.3 Å². The normalized spacial score (nSPS) is 14.8. The van der Waals surface area contributed by atoms with Crippen LogP contribution in [0.1, 0.15) is 18.9 Å². The molecule has 0 saturated carbocycles. The van der Waals surface area contributed by atoms with Crippen molar-refractivity contribution in [3.8, 4) is 17.2 Å². The van der Waals surface area contributed by atoms with E-state index in [-0.39, 0.29) is 5.75 Å². The van der Waals surface area contributed by atoms with Crippen molar-refractivity contribution < 1.29 is 14.6 Å². The minimum atomic E-state index is 0.173. The minimum absolute atomic E-state index is 0.173. The van der Waals surface area contributed by atoms with Gasteiger partial charge in [-0.15, -0.1) is 0 Å². The van der Waals surface area contributed by atoms with Gasteiger partial charge in [0.15, 0.2) is 11.5 Å². The topological polar surface area (TPSA) is 38.7 Å². The van der Waals surface area contributed by atoms with E-state index >= 15 is 0 Å².